The van der Waals surface area contributed by atoms with Crippen LogP contribution in [0.4, 0.5) is 0 Å². The van der Waals surface area contributed by atoms with Crippen molar-refractivity contribution in [3.8, 4) is 11.5 Å². The number of ether oxygens (including phenoxy) is 2. The standard InChI is InChI=1S/C22H27N3O5S/c1-4-29-21-11-15-16-10-14(30-31(26,27)5-2)6-7-18(16)25-22(17(15)12-20(21)28-3)19-13-23-8-9-24-19/h8-9,11-14,16,18H,4-7,10H2,1-3H3/t14-,16-,18-/m1/s1. The van der Waals surface area contributed by atoms with Crippen molar-refractivity contribution in [3.05, 3.63) is 47.5 Å². The first-order valence-electron chi connectivity index (χ1n) is 10.6. The van der Waals surface area contributed by atoms with Crippen LogP contribution >= 0.6 is 0 Å². The second-order valence-electron chi connectivity index (χ2n) is 7.64. The van der Waals surface area contributed by atoms with Crippen LogP contribution in [0.15, 0.2) is 35.7 Å². The molecule has 0 radical (unpaired) electrons. The van der Waals surface area contributed by atoms with Gasteiger partial charge in [0, 0.05) is 23.9 Å². The van der Waals surface area contributed by atoms with Gasteiger partial charge in [-0.25, -0.2) is 0 Å². The average molecular weight is 446 g/mol. The minimum atomic E-state index is -3.51. The summed E-state index contributed by atoms with van der Waals surface area (Å²) in [6.45, 7) is 4.03. The lowest BCUT2D eigenvalue weighted by Crippen LogP contribution is -2.36. The van der Waals surface area contributed by atoms with Gasteiger partial charge in [-0.15, -0.1) is 0 Å². The van der Waals surface area contributed by atoms with Crippen LogP contribution in [0.3, 0.4) is 0 Å². The van der Waals surface area contributed by atoms with E-state index in [1.54, 1.807) is 32.6 Å². The molecule has 1 aliphatic heterocycles. The van der Waals surface area contributed by atoms with E-state index in [9.17, 15) is 8.42 Å². The summed E-state index contributed by atoms with van der Waals surface area (Å²) in [7, 11) is -1.91. The Morgan fingerprint density at radius 2 is 1.97 bits per heavy atom. The molecule has 31 heavy (non-hydrogen) atoms. The quantitative estimate of drug-likeness (QED) is 0.604. The Morgan fingerprint density at radius 3 is 2.65 bits per heavy atom. The molecule has 9 heteroatoms. The number of rotatable bonds is 7. The Labute approximate surface area is 182 Å². The van der Waals surface area contributed by atoms with Gasteiger partial charge in [0.15, 0.2) is 11.5 Å². The third-order valence-electron chi connectivity index (χ3n) is 5.79. The number of hydrogen-bond acceptors (Lipinski definition) is 8. The van der Waals surface area contributed by atoms with Crippen LogP contribution in [0.2, 0.25) is 0 Å². The molecule has 0 amide bonds. The van der Waals surface area contributed by atoms with E-state index in [-0.39, 0.29) is 23.8 Å². The lowest BCUT2D eigenvalue weighted by Gasteiger charge is -2.38. The maximum Gasteiger partial charge on any atom is 0.267 e. The van der Waals surface area contributed by atoms with E-state index in [4.69, 9.17) is 18.6 Å². The van der Waals surface area contributed by atoms with Crippen LogP contribution in [-0.4, -0.2) is 55.7 Å². The summed E-state index contributed by atoms with van der Waals surface area (Å²) < 4.78 is 40.9. The van der Waals surface area contributed by atoms with Crippen LogP contribution in [0, 0.1) is 0 Å². The van der Waals surface area contributed by atoms with Crippen LogP contribution in [-0.2, 0) is 14.3 Å². The van der Waals surface area contributed by atoms with Crippen LogP contribution < -0.4 is 9.47 Å². The molecular weight excluding hydrogens is 418 g/mol. The van der Waals surface area contributed by atoms with Gasteiger partial charge in [0.25, 0.3) is 10.1 Å². The molecule has 1 aromatic carbocycles. The van der Waals surface area contributed by atoms with Gasteiger partial charge in [0.05, 0.1) is 43.5 Å². The predicted octanol–water partition coefficient (Wildman–Crippen LogP) is 3.11. The third-order valence-corrected chi connectivity index (χ3v) is 7.07. The molecule has 1 saturated carbocycles. The highest BCUT2D eigenvalue weighted by Gasteiger charge is 2.39. The summed E-state index contributed by atoms with van der Waals surface area (Å²) in [5.41, 5.74) is 3.42. The van der Waals surface area contributed by atoms with Gasteiger partial charge in [-0.05, 0) is 50.8 Å². The molecule has 1 aliphatic carbocycles. The van der Waals surface area contributed by atoms with E-state index < -0.39 is 10.1 Å². The van der Waals surface area contributed by atoms with E-state index in [0.717, 1.165) is 23.3 Å². The topological polar surface area (TPSA) is 100.0 Å². The molecule has 0 unspecified atom stereocenters. The van der Waals surface area contributed by atoms with Gasteiger partial charge >= 0.3 is 0 Å². The molecule has 166 valence electrons. The summed E-state index contributed by atoms with van der Waals surface area (Å²) >= 11 is 0. The number of benzene rings is 1. The van der Waals surface area contributed by atoms with Crippen molar-refractivity contribution < 1.29 is 22.1 Å². The molecule has 2 aromatic rings. The number of aromatic nitrogens is 2. The number of methoxy groups -OCH3 is 1. The largest absolute Gasteiger partial charge is 0.493 e. The number of fused-ring (bicyclic) bond motifs is 3. The first-order chi connectivity index (χ1) is 15.0. The minimum Gasteiger partial charge on any atom is -0.493 e. The fourth-order valence-corrected chi connectivity index (χ4v) is 5.07. The normalized spacial score (nSPS) is 22.8. The average Bonchev–Trinajstić information content (AvgIpc) is 2.79. The highest BCUT2D eigenvalue weighted by atomic mass is 32.2. The molecule has 0 spiro atoms. The molecule has 0 saturated heterocycles. The number of aliphatic imine (C=N–C) groups is 1. The maximum absolute atomic E-state index is 12.0. The van der Waals surface area contributed by atoms with Crippen molar-refractivity contribution in [3.63, 3.8) is 0 Å². The van der Waals surface area contributed by atoms with Gasteiger partial charge in [-0.3, -0.25) is 19.1 Å². The fourth-order valence-electron chi connectivity index (χ4n) is 4.34. The van der Waals surface area contributed by atoms with E-state index in [1.165, 1.54) is 0 Å². The first-order valence-corrected chi connectivity index (χ1v) is 12.1. The van der Waals surface area contributed by atoms with E-state index in [0.29, 0.717) is 36.6 Å². The SMILES string of the molecule is CCOc1cc2c(cc1OC)C(c1cnccn1)=N[C@@H]1CC[C@@H](OS(=O)(=O)CC)C[C@H]21. The smallest absolute Gasteiger partial charge is 0.267 e. The van der Waals surface area contributed by atoms with Crippen molar-refractivity contribution in [2.75, 3.05) is 19.5 Å². The summed E-state index contributed by atoms with van der Waals surface area (Å²) in [4.78, 5) is 13.7. The van der Waals surface area contributed by atoms with E-state index in [2.05, 4.69) is 9.97 Å². The summed E-state index contributed by atoms with van der Waals surface area (Å²) in [6.07, 6.45) is 6.57. The Morgan fingerprint density at radius 1 is 1.13 bits per heavy atom. The molecular formula is C22H27N3O5S. The molecule has 4 rings (SSSR count). The maximum atomic E-state index is 12.0. The zero-order valence-electron chi connectivity index (χ0n) is 17.9. The molecule has 8 nitrogen and oxygen atoms in total. The van der Waals surface area contributed by atoms with Gasteiger partial charge in [0.1, 0.15) is 5.69 Å². The fraction of sp³-hybridized carbons (Fsp3) is 0.500. The van der Waals surface area contributed by atoms with Crippen molar-refractivity contribution >= 4 is 15.8 Å². The molecule has 3 atom stereocenters. The van der Waals surface area contributed by atoms with Crippen molar-refractivity contribution in [2.45, 2.75) is 51.2 Å². The first kappa shape index (κ1) is 21.7. The summed E-state index contributed by atoms with van der Waals surface area (Å²) in [5.74, 6) is 1.26. The zero-order chi connectivity index (χ0) is 22.0. The van der Waals surface area contributed by atoms with E-state index >= 15 is 0 Å². The number of nitrogens with zero attached hydrogens (tertiary/aromatic N) is 3. The predicted molar refractivity (Wildman–Crippen MR) is 117 cm³/mol. The second kappa shape index (κ2) is 8.92. The summed E-state index contributed by atoms with van der Waals surface area (Å²) in [6, 6.07) is 3.94. The van der Waals surface area contributed by atoms with Crippen molar-refractivity contribution in [1.29, 1.82) is 0 Å². The van der Waals surface area contributed by atoms with Gasteiger partial charge < -0.3 is 9.47 Å². The van der Waals surface area contributed by atoms with Crippen LogP contribution in [0.1, 0.15) is 55.8 Å². The highest BCUT2D eigenvalue weighted by molar-refractivity contribution is 7.86. The lowest BCUT2D eigenvalue weighted by atomic mass is 9.74. The van der Waals surface area contributed by atoms with Gasteiger partial charge in [-0.2, -0.15) is 8.42 Å². The van der Waals surface area contributed by atoms with E-state index in [1.807, 2.05) is 19.1 Å². The highest BCUT2D eigenvalue weighted by Crippen LogP contribution is 2.45. The van der Waals surface area contributed by atoms with Crippen molar-refractivity contribution in [1.82, 2.24) is 9.97 Å². The zero-order valence-corrected chi connectivity index (χ0v) is 18.8. The Hall–Kier alpha value is -2.52. The van der Waals surface area contributed by atoms with Gasteiger partial charge in [-0.1, -0.05) is 0 Å². The molecule has 2 heterocycles. The van der Waals surface area contributed by atoms with Crippen molar-refractivity contribution in [2.24, 2.45) is 4.99 Å². The molecule has 0 bridgehead atoms. The van der Waals surface area contributed by atoms with Crippen LogP contribution in [0.25, 0.3) is 0 Å². The minimum absolute atomic E-state index is 0.0107. The number of hydrogen-bond donors (Lipinski definition) is 0. The molecule has 0 N–H and O–H groups in total. The lowest BCUT2D eigenvalue weighted by molar-refractivity contribution is 0.140. The second-order valence-corrected chi connectivity index (χ2v) is 9.53. The Balaban J connectivity index is 1.78. The third kappa shape index (κ3) is 4.43. The monoisotopic (exact) mass is 445 g/mol. The van der Waals surface area contributed by atoms with Crippen LogP contribution in [0.5, 0.6) is 11.5 Å². The van der Waals surface area contributed by atoms with Gasteiger partial charge in [0.2, 0.25) is 0 Å². The molecule has 1 aromatic heterocycles. The Kier molecular flexibility index (Phi) is 6.24. The molecule has 1 fully saturated rings. The summed E-state index contributed by atoms with van der Waals surface area (Å²) in [5, 5.41) is 0. The molecule has 2 aliphatic rings. The Bertz CT molecular complexity index is 1070.